The molecule has 9 heteroatoms. The average Bonchev–Trinajstić information content (AvgIpc) is 3.19. The van der Waals surface area contributed by atoms with Crippen LogP contribution in [0, 0.1) is 18.8 Å². The van der Waals surface area contributed by atoms with E-state index in [-0.39, 0.29) is 28.9 Å². The summed E-state index contributed by atoms with van der Waals surface area (Å²) in [6, 6.07) is 0. The number of carbonyl (C=O) groups is 3. The molecule has 1 aromatic rings. The molecule has 3 amide bonds. The van der Waals surface area contributed by atoms with E-state index in [4.69, 9.17) is 4.74 Å². The molecule has 1 heterocycles. The molecule has 206 valence electrons. The fourth-order valence-corrected chi connectivity index (χ4v) is 3.65. The molecule has 1 atom stereocenters. The van der Waals surface area contributed by atoms with Gasteiger partial charge in [-0.25, -0.2) is 0 Å². The number of hydrogen-bond acceptors (Lipinski definition) is 6. The predicted octanol–water partition coefficient (Wildman–Crippen LogP) is 4.28. The Morgan fingerprint density at radius 3 is 2.42 bits per heavy atom. The molecule has 0 aliphatic heterocycles. The van der Waals surface area contributed by atoms with Crippen molar-refractivity contribution in [2.24, 2.45) is 11.8 Å². The summed E-state index contributed by atoms with van der Waals surface area (Å²) in [5, 5.41) is 11.2. The smallest absolute Gasteiger partial charge is 0.229 e. The van der Waals surface area contributed by atoms with Gasteiger partial charge in [-0.15, -0.1) is 5.10 Å². The summed E-state index contributed by atoms with van der Waals surface area (Å²) in [6.07, 6.45) is 7.08. The number of rotatable bonds is 18. The summed E-state index contributed by atoms with van der Waals surface area (Å²) in [6.45, 7) is 17.9. The van der Waals surface area contributed by atoms with Gasteiger partial charge in [0.1, 0.15) is 0 Å². The van der Waals surface area contributed by atoms with E-state index in [0.717, 1.165) is 31.5 Å². The minimum absolute atomic E-state index is 0.00916. The largest absolute Gasteiger partial charge is 0.375 e. The molecule has 0 aliphatic rings. The number of nitrogens with one attached hydrogen (secondary N) is 1. The van der Waals surface area contributed by atoms with Crippen molar-refractivity contribution >= 4 is 18.2 Å². The highest BCUT2D eigenvalue weighted by Gasteiger charge is 2.24. The molecule has 36 heavy (non-hydrogen) atoms. The van der Waals surface area contributed by atoms with Crippen molar-refractivity contribution in [3.63, 3.8) is 0 Å². The molecule has 1 rings (SSSR count). The van der Waals surface area contributed by atoms with E-state index in [1.165, 1.54) is 4.90 Å². The van der Waals surface area contributed by atoms with Crippen LogP contribution in [0.1, 0.15) is 99.1 Å². The molecule has 0 bridgehead atoms. The number of aryl methyl sites for hydroxylation is 2. The van der Waals surface area contributed by atoms with Gasteiger partial charge in [-0.2, -0.15) is 0 Å². The summed E-state index contributed by atoms with van der Waals surface area (Å²) in [5.41, 5.74) is 0.226. The van der Waals surface area contributed by atoms with Gasteiger partial charge < -0.3 is 10.1 Å². The SMILES string of the molecule is Cc1cn(CCC(C)(C)OCCC(C)(C)NC(=O)CCCCCN(C=O)C(=O)CC(C)C(C)C)nn1. The molecule has 1 N–H and O–H groups in total. The van der Waals surface area contributed by atoms with Gasteiger partial charge in [0.05, 0.1) is 11.3 Å². The van der Waals surface area contributed by atoms with Gasteiger partial charge >= 0.3 is 0 Å². The number of imide groups is 1. The van der Waals surface area contributed by atoms with Crippen LogP contribution in [0.25, 0.3) is 0 Å². The minimum atomic E-state index is -0.371. The molecular formula is C27H49N5O4. The lowest BCUT2D eigenvalue weighted by atomic mass is 9.94. The first-order valence-corrected chi connectivity index (χ1v) is 13.3. The number of aromatic nitrogens is 3. The summed E-state index contributed by atoms with van der Waals surface area (Å²) in [4.78, 5) is 37.3. The monoisotopic (exact) mass is 507 g/mol. The maximum atomic E-state index is 12.4. The minimum Gasteiger partial charge on any atom is -0.375 e. The summed E-state index contributed by atoms with van der Waals surface area (Å²) in [7, 11) is 0. The van der Waals surface area contributed by atoms with E-state index >= 15 is 0 Å². The van der Waals surface area contributed by atoms with Crippen molar-refractivity contribution in [2.45, 2.75) is 118 Å². The van der Waals surface area contributed by atoms with Crippen LogP contribution in [0.5, 0.6) is 0 Å². The van der Waals surface area contributed by atoms with Gasteiger partial charge in [0.25, 0.3) is 0 Å². The van der Waals surface area contributed by atoms with Crippen LogP contribution < -0.4 is 5.32 Å². The summed E-state index contributed by atoms with van der Waals surface area (Å²) >= 11 is 0. The number of carbonyl (C=O) groups excluding carboxylic acids is 3. The number of nitrogens with zero attached hydrogens (tertiary/aromatic N) is 4. The molecule has 0 fully saturated rings. The van der Waals surface area contributed by atoms with Crippen LogP contribution in [0.4, 0.5) is 0 Å². The third kappa shape index (κ3) is 13.1. The first kappa shape index (κ1) is 31.7. The third-order valence-electron chi connectivity index (χ3n) is 6.68. The Hall–Kier alpha value is -2.29. The highest BCUT2D eigenvalue weighted by molar-refractivity contribution is 5.86. The third-order valence-corrected chi connectivity index (χ3v) is 6.68. The van der Waals surface area contributed by atoms with Gasteiger partial charge in [-0.05, 0) is 72.1 Å². The first-order valence-electron chi connectivity index (χ1n) is 13.3. The van der Waals surface area contributed by atoms with E-state index in [9.17, 15) is 14.4 Å². The van der Waals surface area contributed by atoms with E-state index < -0.39 is 0 Å². The van der Waals surface area contributed by atoms with Gasteiger partial charge in [0.2, 0.25) is 18.2 Å². The van der Waals surface area contributed by atoms with Gasteiger partial charge in [0.15, 0.2) is 0 Å². The average molecular weight is 508 g/mol. The molecule has 1 aromatic heterocycles. The lowest BCUT2D eigenvalue weighted by Gasteiger charge is -2.30. The molecule has 0 aromatic carbocycles. The summed E-state index contributed by atoms with van der Waals surface area (Å²) in [5.74, 6) is 0.532. The van der Waals surface area contributed by atoms with Crippen molar-refractivity contribution in [2.75, 3.05) is 13.2 Å². The Bertz CT molecular complexity index is 819. The van der Waals surface area contributed by atoms with Crippen LogP contribution in [0.15, 0.2) is 6.20 Å². The fraction of sp³-hybridized carbons (Fsp3) is 0.815. The van der Waals surface area contributed by atoms with Crippen molar-refractivity contribution in [3.05, 3.63) is 11.9 Å². The number of amides is 3. The Morgan fingerprint density at radius 1 is 1.14 bits per heavy atom. The number of hydrogen-bond donors (Lipinski definition) is 1. The van der Waals surface area contributed by atoms with Crippen LogP contribution in [0.3, 0.4) is 0 Å². The van der Waals surface area contributed by atoms with E-state index in [1.807, 2.05) is 38.6 Å². The predicted molar refractivity (Wildman–Crippen MR) is 141 cm³/mol. The molecule has 0 saturated carbocycles. The normalized spacial score (nSPS) is 13.0. The van der Waals surface area contributed by atoms with Gasteiger partial charge in [-0.1, -0.05) is 32.4 Å². The quantitative estimate of drug-likeness (QED) is 0.235. The highest BCUT2D eigenvalue weighted by atomic mass is 16.5. The fourth-order valence-electron chi connectivity index (χ4n) is 3.65. The Labute approximate surface area is 217 Å². The van der Waals surface area contributed by atoms with Crippen molar-refractivity contribution < 1.29 is 19.1 Å². The van der Waals surface area contributed by atoms with E-state index in [2.05, 4.69) is 43.3 Å². The second-order valence-electron chi connectivity index (χ2n) is 11.6. The van der Waals surface area contributed by atoms with Crippen molar-refractivity contribution in [3.8, 4) is 0 Å². The first-order chi connectivity index (χ1) is 16.7. The topological polar surface area (TPSA) is 106 Å². The standard InChI is InChI=1S/C27H49N5O4/c1-21(2)22(3)18-25(35)31(20-33)15-11-9-10-12-24(34)28-26(5,6)14-17-36-27(7,8)13-16-32-19-23(4)29-30-32/h19-22H,9-18H2,1-8H3,(H,28,34). The summed E-state index contributed by atoms with van der Waals surface area (Å²) < 4.78 is 7.93. The lowest BCUT2D eigenvalue weighted by Crippen LogP contribution is -2.44. The zero-order chi connectivity index (χ0) is 27.4. The van der Waals surface area contributed by atoms with Gasteiger partial charge in [-0.3, -0.25) is 24.0 Å². The Morgan fingerprint density at radius 2 is 1.83 bits per heavy atom. The molecular weight excluding hydrogens is 458 g/mol. The van der Waals surface area contributed by atoms with Gasteiger partial charge in [0, 0.05) is 44.3 Å². The Balaban J connectivity index is 2.25. The maximum Gasteiger partial charge on any atom is 0.229 e. The van der Waals surface area contributed by atoms with E-state index in [1.54, 1.807) is 0 Å². The molecule has 0 aliphatic carbocycles. The zero-order valence-corrected chi connectivity index (χ0v) is 23.8. The molecule has 1 unspecified atom stereocenters. The molecule has 9 nitrogen and oxygen atoms in total. The van der Waals surface area contributed by atoms with Crippen LogP contribution in [-0.2, 0) is 25.7 Å². The molecule has 0 saturated heterocycles. The van der Waals surface area contributed by atoms with Crippen LogP contribution in [-0.4, -0.2) is 62.4 Å². The zero-order valence-electron chi connectivity index (χ0n) is 23.8. The van der Waals surface area contributed by atoms with Crippen molar-refractivity contribution in [1.29, 1.82) is 0 Å². The Kier molecular flexibility index (Phi) is 13.3. The lowest BCUT2D eigenvalue weighted by molar-refractivity contribution is -0.139. The van der Waals surface area contributed by atoms with Crippen LogP contribution >= 0.6 is 0 Å². The maximum absolute atomic E-state index is 12.4. The highest BCUT2D eigenvalue weighted by Crippen LogP contribution is 2.19. The van der Waals surface area contributed by atoms with Crippen LogP contribution in [0.2, 0.25) is 0 Å². The molecule has 0 radical (unpaired) electrons. The number of ether oxygens (including phenoxy) is 1. The second kappa shape index (κ2) is 15.1. The van der Waals surface area contributed by atoms with E-state index in [0.29, 0.717) is 51.2 Å². The number of unbranched alkanes of at least 4 members (excludes halogenated alkanes) is 2. The molecule has 0 spiro atoms. The second-order valence-corrected chi connectivity index (χ2v) is 11.6. The van der Waals surface area contributed by atoms with Crippen molar-refractivity contribution in [1.82, 2.24) is 25.2 Å².